The second-order valence-corrected chi connectivity index (χ2v) is 9.05. The molecule has 1 heterocycles. The van der Waals surface area contributed by atoms with Crippen molar-refractivity contribution in [1.82, 2.24) is 4.72 Å². The Kier molecular flexibility index (Phi) is 4.48. The average Bonchev–Trinajstić information content (AvgIpc) is 2.78. The van der Waals surface area contributed by atoms with Crippen LogP contribution in [-0.2, 0) is 19.9 Å². The van der Waals surface area contributed by atoms with Crippen LogP contribution in [0.3, 0.4) is 0 Å². The van der Waals surface area contributed by atoms with Crippen molar-refractivity contribution >= 4 is 19.9 Å². The van der Waals surface area contributed by atoms with Crippen molar-refractivity contribution in [3.63, 3.8) is 0 Å². The van der Waals surface area contributed by atoms with Gasteiger partial charge in [-0.05, 0) is 12.0 Å². The topological polar surface area (TPSA) is 101 Å². The van der Waals surface area contributed by atoms with Gasteiger partial charge >= 0.3 is 0 Å². The minimum atomic E-state index is -3.78. The van der Waals surface area contributed by atoms with E-state index in [9.17, 15) is 21.9 Å². The van der Waals surface area contributed by atoms with Crippen LogP contribution in [0.4, 0.5) is 0 Å². The molecular weight excluding hydrogens is 302 g/mol. The van der Waals surface area contributed by atoms with E-state index in [0.717, 1.165) is 0 Å². The summed E-state index contributed by atoms with van der Waals surface area (Å²) in [4.78, 5) is 0. The molecule has 6 nitrogen and oxygen atoms in total. The molecule has 0 spiro atoms. The molecular formula is C12H17NO5S2. The lowest BCUT2D eigenvalue weighted by atomic mass is 10.1. The maximum absolute atomic E-state index is 12.2. The van der Waals surface area contributed by atoms with Crippen LogP contribution < -0.4 is 4.72 Å². The van der Waals surface area contributed by atoms with Crippen molar-refractivity contribution in [3.8, 4) is 0 Å². The lowest BCUT2D eigenvalue weighted by molar-refractivity contribution is 0.258. The van der Waals surface area contributed by atoms with Gasteiger partial charge in [0.05, 0.1) is 29.4 Å². The highest BCUT2D eigenvalue weighted by Gasteiger charge is 2.38. The molecule has 20 heavy (non-hydrogen) atoms. The highest BCUT2D eigenvalue weighted by atomic mass is 32.2. The molecule has 0 amide bonds. The highest BCUT2D eigenvalue weighted by molar-refractivity contribution is 7.95. The van der Waals surface area contributed by atoms with Gasteiger partial charge in [-0.15, -0.1) is 0 Å². The fourth-order valence-electron chi connectivity index (χ4n) is 2.20. The fraction of sp³-hybridized carbons (Fsp3) is 0.500. The van der Waals surface area contributed by atoms with Crippen LogP contribution in [0.1, 0.15) is 18.0 Å². The van der Waals surface area contributed by atoms with Crippen molar-refractivity contribution in [2.24, 2.45) is 0 Å². The second kappa shape index (κ2) is 5.80. The maximum Gasteiger partial charge on any atom is 0.216 e. The van der Waals surface area contributed by atoms with E-state index in [2.05, 4.69) is 4.72 Å². The highest BCUT2D eigenvalue weighted by Crippen LogP contribution is 2.21. The fourth-order valence-corrected chi connectivity index (χ4v) is 6.46. The van der Waals surface area contributed by atoms with Gasteiger partial charge in [0.25, 0.3) is 0 Å². The number of sulfone groups is 1. The molecule has 1 fully saturated rings. The first kappa shape index (κ1) is 15.4. The number of sulfonamides is 1. The Labute approximate surface area is 118 Å². The Morgan fingerprint density at radius 3 is 2.45 bits per heavy atom. The van der Waals surface area contributed by atoms with E-state index < -0.39 is 31.2 Å². The van der Waals surface area contributed by atoms with Crippen LogP contribution in [-0.4, -0.2) is 45.3 Å². The van der Waals surface area contributed by atoms with E-state index in [0.29, 0.717) is 5.56 Å². The maximum atomic E-state index is 12.2. The molecule has 0 aliphatic carbocycles. The first-order valence-electron chi connectivity index (χ1n) is 6.21. The molecule has 1 unspecified atom stereocenters. The Morgan fingerprint density at radius 1 is 1.30 bits per heavy atom. The van der Waals surface area contributed by atoms with Gasteiger partial charge in [-0.3, -0.25) is 0 Å². The lowest BCUT2D eigenvalue weighted by Gasteiger charge is -2.19. The molecule has 0 radical (unpaired) electrons. The predicted molar refractivity (Wildman–Crippen MR) is 75.4 cm³/mol. The van der Waals surface area contributed by atoms with Gasteiger partial charge in [0.2, 0.25) is 10.0 Å². The Morgan fingerprint density at radius 2 is 1.95 bits per heavy atom. The zero-order valence-corrected chi connectivity index (χ0v) is 12.4. The third-order valence-corrected chi connectivity index (χ3v) is 7.19. The van der Waals surface area contributed by atoms with Gasteiger partial charge in [-0.25, -0.2) is 21.6 Å². The van der Waals surface area contributed by atoms with E-state index >= 15 is 0 Å². The van der Waals surface area contributed by atoms with E-state index in [1.165, 1.54) is 0 Å². The second-order valence-electron chi connectivity index (χ2n) is 4.83. The SMILES string of the molecule is O=S1(=O)CCC(S(=O)(=O)N[C@H](CO)c2ccccc2)C1. The monoisotopic (exact) mass is 319 g/mol. The predicted octanol–water partition coefficient (Wildman–Crippen LogP) is -0.173. The molecule has 0 bridgehead atoms. The number of hydrogen-bond acceptors (Lipinski definition) is 5. The van der Waals surface area contributed by atoms with Crippen LogP contribution in [0.25, 0.3) is 0 Å². The summed E-state index contributed by atoms with van der Waals surface area (Å²) < 4.78 is 49.5. The number of benzene rings is 1. The molecule has 0 aromatic heterocycles. The van der Waals surface area contributed by atoms with Gasteiger partial charge in [0.15, 0.2) is 9.84 Å². The van der Waals surface area contributed by atoms with Crippen molar-refractivity contribution < 1.29 is 21.9 Å². The van der Waals surface area contributed by atoms with E-state index in [1.807, 2.05) is 0 Å². The quantitative estimate of drug-likeness (QED) is 0.784. The molecule has 112 valence electrons. The molecule has 2 N–H and O–H groups in total. The molecule has 1 aromatic carbocycles. The van der Waals surface area contributed by atoms with E-state index in [4.69, 9.17) is 0 Å². The zero-order valence-electron chi connectivity index (χ0n) is 10.8. The standard InChI is InChI=1S/C12H17NO5S2/c14-8-12(10-4-2-1-3-5-10)13-20(17,18)11-6-7-19(15,16)9-11/h1-5,11-14H,6-9H2/t11?,12-/m1/s1. The van der Waals surface area contributed by atoms with Crippen LogP contribution in [0.15, 0.2) is 30.3 Å². The summed E-state index contributed by atoms with van der Waals surface area (Å²) in [6.45, 7) is -0.386. The van der Waals surface area contributed by atoms with Crippen molar-refractivity contribution in [2.75, 3.05) is 18.1 Å². The van der Waals surface area contributed by atoms with E-state index in [-0.39, 0.29) is 24.5 Å². The number of nitrogens with one attached hydrogen (secondary N) is 1. The third kappa shape index (κ3) is 3.57. The van der Waals surface area contributed by atoms with Crippen LogP contribution in [0, 0.1) is 0 Å². The van der Waals surface area contributed by atoms with Crippen molar-refractivity contribution in [3.05, 3.63) is 35.9 Å². The van der Waals surface area contributed by atoms with Crippen molar-refractivity contribution in [2.45, 2.75) is 17.7 Å². The summed E-state index contributed by atoms with van der Waals surface area (Å²) in [5.41, 5.74) is 0.638. The number of aliphatic hydroxyl groups is 1. The number of rotatable bonds is 5. The first-order chi connectivity index (χ1) is 9.34. The van der Waals surface area contributed by atoms with Gasteiger partial charge in [0, 0.05) is 0 Å². The first-order valence-corrected chi connectivity index (χ1v) is 9.58. The molecule has 1 saturated heterocycles. The minimum absolute atomic E-state index is 0.102. The number of hydrogen-bond donors (Lipinski definition) is 2. The molecule has 1 aliphatic heterocycles. The van der Waals surface area contributed by atoms with Gasteiger partial charge in [-0.2, -0.15) is 0 Å². The molecule has 2 rings (SSSR count). The minimum Gasteiger partial charge on any atom is -0.394 e. The normalized spacial score (nSPS) is 23.6. The van der Waals surface area contributed by atoms with Crippen LogP contribution >= 0.6 is 0 Å². The summed E-state index contributed by atoms with van der Waals surface area (Å²) in [5.74, 6) is -0.455. The smallest absolute Gasteiger partial charge is 0.216 e. The molecule has 2 atom stereocenters. The Balaban J connectivity index is 2.15. The zero-order chi connectivity index (χ0) is 14.8. The van der Waals surface area contributed by atoms with E-state index in [1.54, 1.807) is 30.3 Å². The van der Waals surface area contributed by atoms with Gasteiger partial charge in [0.1, 0.15) is 0 Å². The summed E-state index contributed by atoms with van der Waals surface area (Å²) in [6.07, 6.45) is 0.102. The van der Waals surface area contributed by atoms with Gasteiger partial charge in [-0.1, -0.05) is 30.3 Å². The molecule has 1 aliphatic rings. The summed E-state index contributed by atoms with van der Waals surface area (Å²) in [6, 6.07) is 7.92. The van der Waals surface area contributed by atoms with Gasteiger partial charge < -0.3 is 5.11 Å². The Hall–Kier alpha value is -0.960. The number of aliphatic hydroxyl groups excluding tert-OH is 1. The molecule has 1 aromatic rings. The lowest BCUT2D eigenvalue weighted by Crippen LogP contribution is -2.38. The summed E-state index contributed by atoms with van der Waals surface area (Å²) >= 11 is 0. The molecule has 0 saturated carbocycles. The van der Waals surface area contributed by atoms with Crippen molar-refractivity contribution in [1.29, 1.82) is 0 Å². The summed E-state index contributed by atoms with van der Waals surface area (Å²) in [5, 5.41) is 8.40. The Bertz CT molecular complexity index is 654. The van der Waals surface area contributed by atoms with Crippen LogP contribution in [0.2, 0.25) is 0 Å². The third-order valence-electron chi connectivity index (χ3n) is 3.32. The average molecular weight is 319 g/mol. The molecule has 8 heteroatoms. The largest absolute Gasteiger partial charge is 0.394 e. The summed E-state index contributed by atoms with van der Waals surface area (Å²) in [7, 11) is -7.05. The van der Waals surface area contributed by atoms with Crippen LogP contribution in [0.5, 0.6) is 0 Å².